The lowest BCUT2D eigenvalue weighted by atomic mass is 10.2. The number of hydrogen-bond acceptors (Lipinski definition) is 7. The van der Waals surface area contributed by atoms with Gasteiger partial charge in [0, 0.05) is 44.0 Å². The van der Waals surface area contributed by atoms with Crippen molar-refractivity contribution in [1.82, 2.24) is 24.6 Å². The van der Waals surface area contributed by atoms with E-state index in [2.05, 4.69) is 15.1 Å². The molecular formula is C23H27N5O3S. The number of methoxy groups -OCH3 is 1. The van der Waals surface area contributed by atoms with E-state index >= 15 is 0 Å². The molecule has 0 atom stereocenters. The number of β-amino-alcohol motifs (C(OH)–C–C–N with tert-alkyl or cyclic N) is 1. The van der Waals surface area contributed by atoms with Crippen molar-refractivity contribution >= 4 is 17.7 Å². The number of piperazine rings is 1. The molecule has 1 fully saturated rings. The highest BCUT2D eigenvalue weighted by molar-refractivity contribution is 7.99. The van der Waals surface area contributed by atoms with Crippen molar-refractivity contribution in [3.05, 3.63) is 54.6 Å². The first-order valence-corrected chi connectivity index (χ1v) is 11.6. The van der Waals surface area contributed by atoms with Crippen molar-refractivity contribution in [2.24, 2.45) is 0 Å². The predicted molar refractivity (Wildman–Crippen MR) is 124 cm³/mol. The maximum absolute atomic E-state index is 12.8. The van der Waals surface area contributed by atoms with Gasteiger partial charge in [0.25, 0.3) is 0 Å². The Morgan fingerprint density at radius 3 is 2.41 bits per heavy atom. The van der Waals surface area contributed by atoms with E-state index in [1.165, 1.54) is 11.8 Å². The average molecular weight is 454 g/mol. The Morgan fingerprint density at radius 1 is 1.03 bits per heavy atom. The molecule has 0 bridgehead atoms. The Bertz CT molecular complexity index is 1020. The first kappa shape index (κ1) is 22.3. The highest BCUT2D eigenvalue weighted by Gasteiger charge is 2.22. The van der Waals surface area contributed by atoms with Gasteiger partial charge in [-0.2, -0.15) is 0 Å². The summed E-state index contributed by atoms with van der Waals surface area (Å²) in [6.07, 6.45) is 0. The molecule has 1 aromatic heterocycles. The van der Waals surface area contributed by atoms with Crippen LogP contribution in [-0.4, -0.2) is 87.8 Å². The van der Waals surface area contributed by atoms with Gasteiger partial charge >= 0.3 is 0 Å². The highest BCUT2D eigenvalue weighted by Crippen LogP contribution is 2.29. The van der Waals surface area contributed by atoms with Crippen LogP contribution in [0.25, 0.3) is 17.1 Å². The van der Waals surface area contributed by atoms with Crippen LogP contribution in [0.5, 0.6) is 5.75 Å². The number of rotatable bonds is 8. The van der Waals surface area contributed by atoms with E-state index in [0.29, 0.717) is 36.4 Å². The second-order valence-electron chi connectivity index (χ2n) is 7.44. The van der Waals surface area contributed by atoms with Gasteiger partial charge < -0.3 is 14.7 Å². The summed E-state index contributed by atoms with van der Waals surface area (Å²) in [5.41, 5.74) is 1.86. The standard InChI is InChI=1S/C23H27N5O3S/c1-31-20-9-7-18(8-10-20)22-24-25-23(28(22)19-5-3-2-4-6-19)32-17-21(30)27-13-11-26(12-14-27)15-16-29/h2-10,29H,11-17H2,1H3. The molecule has 9 heteroatoms. The third-order valence-electron chi connectivity index (χ3n) is 5.46. The number of ether oxygens (including phenoxy) is 1. The minimum absolute atomic E-state index is 0.0901. The van der Waals surface area contributed by atoms with Gasteiger partial charge in [-0.15, -0.1) is 10.2 Å². The summed E-state index contributed by atoms with van der Waals surface area (Å²) in [7, 11) is 1.64. The smallest absolute Gasteiger partial charge is 0.233 e. The van der Waals surface area contributed by atoms with Crippen molar-refractivity contribution in [2.75, 3.05) is 52.2 Å². The summed E-state index contributed by atoms with van der Waals surface area (Å²) in [5, 5.41) is 18.6. The number of aromatic nitrogens is 3. The lowest BCUT2D eigenvalue weighted by molar-refractivity contribution is -0.130. The number of nitrogens with zero attached hydrogens (tertiary/aromatic N) is 5. The number of benzene rings is 2. The van der Waals surface area contributed by atoms with Crippen LogP contribution in [0.2, 0.25) is 0 Å². The summed E-state index contributed by atoms with van der Waals surface area (Å²) in [6.45, 7) is 3.75. The van der Waals surface area contributed by atoms with Gasteiger partial charge in [-0.1, -0.05) is 30.0 Å². The number of thioether (sulfide) groups is 1. The van der Waals surface area contributed by atoms with E-state index in [0.717, 1.165) is 30.1 Å². The number of para-hydroxylation sites is 1. The molecule has 1 saturated heterocycles. The molecule has 4 rings (SSSR count). The summed E-state index contributed by atoms with van der Waals surface area (Å²) in [6, 6.07) is 17.6. The number of hydrogen-bond donors (Lipinski definition) is 1. The lowest BCUT2D eigenvalue weighted by Gasteiger charge is -2.34. The minimum Gasteiger partial charge on any atom is -0.497 e. The van der Waals surface area contributed by atoms with E-state index in [9.17, 15) is 4.79 Å². The number of aliphatic hydroxyl groups excluding tert-OH is 1. The maximum Gasteiger partial charge on any atom is 0.233 e. The number of aliphatic hydroxyl groups is 1. The van der Waals surface area contributed by atoms with Crippen molar-refractivity contribution in [3.63, 3.8) is 0 Å². The van der Waals surface area contributed by atoms with Gasteiger partial charge in [-0.05, 0) is 36.4 Å². The fourth-order valence-corrected chi connectivity index (χ4v) is 4.53. The molecule has 2 heterocycles. The Hall–Kier alpha value is -2.88. The van der Waals surface area contributed by atoms with Gasteiger partial charge in [-0.3, -0.25) is 14.3 Å². The molecule has 1 aliphatic rings. The summed E-state index contributed by atoms with van der Waals surface area (Å²) in [5.74, 6) is 1.88. The van der Waals surface area contributed by atoms with Crippen molar-refractivity contribution in [3.8, 4) is 22.8 Å². The first-order chi connectivity index (χ1) is 15.7. The lowest BCUT2D eigenvalue weighted by Crippen LogP contribution is -2.49. The fourth-order valence-electron chi connectivity index (χ4n) is 3.68. The number of carbonyl (C=O) groups is 1. The van der Waals surface area contributed by atoms with Gasteiger partial charge in [0.15, 0.2) is 11.0 Å². The number of carbonyl (C=O) groups excluding carboxylic acids is 1. The molecule has 0 spiro atoms. The predicted octanol–water partition coefficient (Wildman–Crippen LogP) is 2.17. The van der Waals surface area contributed by atoms with Gasteiger partial charge in [0.1, 0.15) is 5.75 Å². The summed E-state index contributed by atoms with van der Waals surface area (Å²) < 4.78 is 7.25. The molecule has 0 radical (unpaired) electrons. The van der Waals surface area contributed by atoms with Crippen molar-refractivity contribution in [1.29, 1.82) is 0 Å². The van der Waals surface area contributed by atoms with Gasteiger partial charge in [0.05, 0.1) is 19.5 Å². The topological polar surface area (TPSA) is 83.7 Å². The molecular weight excluding hydrogens is 426 g/mol. The molecule has 1 aliphatic heterocycles. The van der Waals surface area contributed by atoms with E-state index in [1.807, 2.05) is 64.1 Å². The Morgan fingerprint density at radius 2 is 1.75 bits per heavy atom. The van der Waals surface area contributed by atoms with Crippen LogP contribution in [-0.2, 0) is 4.79 Å². The zero-order valence-electron chi connectivity index (χ0n) is 18.1. The molecule has 1 N–H and O–H groups in total. The summed E-state index contributed by atoms with van der Waals surface area (Å²) in [4.78, 5) is 16.9. The molecule has 168 valence electrons. The van der Waals surface area contributed by atoms with E-state index in [4.69, 9.17) is 9.84 Å². The number of amides is 1. The van der Waals surface area contributed by atoms with Crippen LogP contribution in [0, 0.1) is 0 Å². The quantitative estimate of drug-likeness (QED) is 0.524. The highest BCUT2D eigenvalue weighted by atomic mass is 32.2. The average Bonchev–Trinajstić information content (AvgIpc) is 3.28. The molecule has 32 heavy (non-hydrogen) atoms. The van der Waals surface area contributed by atoms with E-state index in [1.54, 1.807) is 7.11 Å². The van der Waals surface area contributed by atoms with Crippen LogP contribution in [0.4, 0.5) is 0 Å². The van der Waals surface area contributed by atoms with Crippen LogP contribution in [0.15, 0.2) is 59.8 Å². The zero-order chi connectivity index (χ0) is 22.3. The third-order valence-corrected chi connectivity index (χ3v) is 6.38. The first-order valence-electron chi connectivity index (χ1n) is 10.6. The van der Waals surface area contributed by atoms with Gasteiger partial charge in [-0.25, -0.2) is 0 Å². The molecule has 0 unspecified atom stereocenters. The van der Waals surface area contributed by atoms with E-state index < -0.39 is 0 Å². The zero-order valence-corrected chi connectivity index (χ0v) is 18.9. The van der Waals surface area contributed by atoms with Crippen LogP contribution in [0.3, 0.4) is 0 Å². The SMILES string of the molecule is COc1ccc(-c2nnc(SCC(=O)N3CCN(CCO)CC3)n2-c2ccccc2)cc1. The van der Waals surface area contributed by atoms with E-state index in [-0.39, 0.29) is 12.5 Å². The Labute approximate surface area is 191 Å². The van der Waals surface area contributed by atoms with Crippen LogP contribution >= 0.6 is 11.8 Å². The van der Waals surface area contributed by atoms with Gasteiger partial charge in [0.2, 0.25) is 5.91 Å². The Balaban J connectivity index is 1.51. The molecule has 3 aromatic rings. The molecule has 8 nitrogen and oxygen atoms in total. The minimum atomic E-state index is 0.0901. The van der Waals surface area contributed by atoms with Crippen LogP contribution in [0.1, 0.15) is 0 Å². The normalized spacial score (nSPS) is 14.5. The molecule has 2 aromatic carbocycles. The fraction of sp³-hybridized carbons (Fsp3) is 0.348. The summed E-state index contributed by atoms with van der Waals surface area (Å²) >= 11 is 1.40. The molecule has 0 aliphatic carbocycles. The largest absolute Gasteiger partial charge is 0.497 e. The second kappa shape index (κ2) is 10.6. The Kier molecular flexibility index (Phi) is 7.41. The third kappa shape index (κ3) is 5.12. The monoisotopic (exact) mass is 453 g/mol. The maximum atomic E-state index is 12.8. The molecule has 1 amide bonds. The van der Waals surface area contributed by atoms with Crippen LogP contribution < -0.4 is 4.74 Å². The van der Waals surface area contributed by atoms with Crippen molar-refractivity contribution < 1.29 is 14.6 Å². The van der Waals surface area contributed by atoms with Crippen molar-refractivity contribution in [2.45, 2.75) is 5.16 Å². The second-order valence-corrected chi connectivity index (χ2v) is 8.38. The molecule has 0 saturated carbocycles.